The van der Waals surface area contributed by atoms with E-state index in [9.17, 15) is 9.59 Å². The van der Waals surface area contributed by atoms with Crippen LogP contribution >= 0.6 is 11.6 Å². The van der Waals surface area contributed by atoms with Crippen LogP contribution in [0.15, 0.2) is 41.8 Å². The molecule has 2 atom stereocenters. The number of amides is 3. The minimum Gasteiger partial charge on any atom is -0.350 e. The number of hydrogen-bond donors (Lipinski definition) is 1. The van der Waals surface area contributed by atoms with Crippen LogP contribution in [0.4, 0.5) is 10.7 Å². The van der Waals surface area contributed by atoms with Crippen molar-refractivity contribution in [3.63, 3.8) is 0 Å². The summed E-state index contributed by atoms with van der Waals surface area (Å²) < 4.78 is 0. The van der Waals surface area contributed by atoms with Crippen LogP contribution in [0.2, 0.25) is 0 Å². The van der Waals surface area contributed by atoms with Gasteiger partial charge >= 0.3 is 6.03 Å². The molecule has 2 heterocycles. The number of anilines is 1. The van der Waals surface area contributed by atoms with Gasteiger partial charge in [-0.2, -0.15) is 0 Å². The first-order valence-corrected chi connectivity index (χ1v) is 8.52. The zero-order chi connectivity index (χ0) is 18.0. The van der Waals surface area contributed by atoms with E-state index in [1.54, 1.807) is 25.5 Å². The number of rotatable bonds is 4. The molecular weight excluding hydrogens is 342 g/mol. The average molecular weight is 362 g/mol. The number of nitrogens with zero attached hydrogens (tertiary/aromatic N) is 4. The maximum atomic E-state index is 12.6. The fourth-order valence-electron chi connectivity index (χ4n) is 2.89. The van der Waals surface area contributed by atoms with Crippen molar-refractivity contribution in [3.05, 3.63) is 41.8 Å². The summed E-state index contributed by atoms with van der Waals surface area (Å²) in [5, 5.41) is 2.87. The first-order valence-electron chi connectivity index (χ1n) is 8.08. The molecule has 3 rings (SSSR count). The minimum atomic E-state index is -0.586. The van der Waals surface area contributed by atoms with E-state index in [4.69, 9.17) is 11.6 Å². The maximum absolute atomic E-state index is 12.6. The molecule has 3 amide bonds. The van der Waals surface area contributed by atoms with Gasteiger partial charge in [-0.3, -0.25) is 9.69 Å². The summed E-state index contributed by atoms with van der Waals surface area (Å²) in [5.41, 5.74) is 2.08. The molecule has 0 saturated carbocycles. The van der Waals surface area contributed by atoms with Crippen LogP contribution in [-0.2, 0) is 4.79 Å². The summed E-state index contributed by atoms with van der Waals surface area (Å²) in [6.45, 7) is 2.59. The minimum absolute atomic E-state index is 0.0293. The first kappa shape index (κ1) is 17.4. The second-order valence-corrected chi connectivity index (χ2v) is 6.63. The maximum Gasteiger partial charge on any atom is 0.327 e. The molecule has 1 saturated heterocycles. The van der Waals surface area contributed by atoms with E-state index in [1.807, 2.05) is 19.1 Å². The van der Waals surface area contributed by atoms with Gasteiger partial charge in [-0.25, -0.2) is 14.8 Å². The monoisotopic (exact) mass is 361 g/mol. The predicted octanol–water partition coefficient (Wildman–Crippen LogP) is 1.72. The molecule has 1 fully saturated rings. The lowest BCUT2D eigenvalue weighted by atomic mass is 9.98. The van der Waals surface area contributed by atoms with Gasteiger partial charge in [-0.05, 0) is 25.0 Å². The molecule has 0 bridgehead atoms. The van der Waals surface area contributed by atoms with Gasteiger partial charge in [-0.1, -0.05) is 17.7 Å². The number of allylic oxidation sites excluding steroid dienone is 2. The summed E-state index contributed by atoms with van der Waals surface area (Å²) in [5.74, 6) is 0.0908. The lowest BCUT2D eigenvalue weighted by Gasteiger charge is -2.20. The van der Waals surface area contributed by atoms with Gasteiger partial charge in [-0.15, -0.1) is 11.6 Å². The van der Waals surface area contributed by atoms with Crippen molar-refractivity contribution in [2.45, 2.75) is 24.8 Å². The average Bonchev–Trinajstić information content (AvgIpc) is 2.92. The summed E-state index contributed by atoms with van der Waals surface area (Å²) in [6, 6.07) is 0.798. The second kappa shape index (κ2) is 7.23. The highest BCUT2D eigenvalue weighted by molar-refractivity contribution is 6.22. The molecule has 25 heavy (non-hydrogen) atoms. The molecule has 1 aliphatic carbocycles. The Hall–Kier alpha value is -2.41. The summed E-state index contributed by atoms with van der Waals surface area (Å²) in [7, 11) is 1.61. The fourth-order valence-corrected chi connectivity index (χ4v) is 3.13. The molecule has 1 N–H and O–H groups in total. The quantitative estimate of drug-likeness (QED) is 0.828. The van der Waals surface area contributed by atoms with Crippen molar-refractivity contribution in [2.24, 2.45) is 0 Å². The molecule has 1 aliphatic heterocycles. The van der Waals surface area contributed by atoms with E-state index in [-0.39, 0.29) is 23.9 Å². The van der Waals surface area contributed by atoms with Crippen LogP contribution in [0.5, 0.6) is 0 Å². The highest BCUT2D eigenvalue weighted by atomic mass is 35.5. The topological polar surface area (TPSA) is 78.4 Å². The molecule has 1 aromatic heterocycles. The zero-order valence-electron chi connectivity index (χ0n) is 14.1. The summed E-state index contributed by atoms with van der Waals surface area (Å²) in [6.07, 6.45) is 7.93. The summed E-state index contributed by atoms with van der Waals surface area (Å²) >= 11 is 6.24. The first-order chi connectivity index (χ1) is 12.0. The molecule has 0 radical (unpaired) electrons. The second-order valence-electron chi connectivity index (χ2n) is 6.10. The molecule has 7 nitrogen and oxygen atoms in total. The number of halogens is 1. The smallest absolute Gasteiger partial charge is 0.327 e. The SMILES string of the molecule is CC1=C(CNC(=O)C2CN(c3ncccn3)C(=O)N2C)C=CCC1Cl. The van der Waals surface area contributed by atoms with E-state index >= 15 is 0 Å². The molecule has 2 unspecified atom stereocenters. The van der Waals surface area contributed by atoms with Crippen molar-refractivity contribution in [2.75, 3.05) is 25.0 Å². The normalized spacial score (nSPS) is 23.4. The van der Waals surface area contributed by atoms with Gasteiger partial charge in [0.15, 0.2) is 0 Å². The number of hydrogen-bond acceptors (Lipinski definition) is 4. The molecule has 2 aliphatic rings. The van der Waals surface area contributed by atoms with Crippen molar-refractivity contribution < 1.29 is 9.59 Å². The van der Waals surface area contributed by atoms with Gasteiger partial charge in [0.2, 0.25) is 11.9 Å². The fraction of sp³-hybridized carbons (Fsp3) is 0.412. The number of likely N-dealkylation sites (N-methyl/N-ethyl adjacent to an activating group) is 1. The van der Waals surface area contributed by atoms with Crippen LogP contribution in [-0.4, -0.2) is 58.4 Å². The van der Waals surface area contributed by atoms with Gasteiger partial charge in [0.05, 0.1) is 11.9 Å². The lowest BCUT2D eigenvalue weighted by Crippen LogP contribution is -2.44. The number of urea groups is 1. The highest BCUT2D eigenvalue weighted by Crippen LogP contribution is 2.23. The molecule has 1 aromatic rings. The van der Waals surface area contributed by atoms with Crippen LogP contribution in [0.25, 0.3) is 0 Å². The van der Waals surface area contributed by atoms with Gasteiger partial charge in [0.1, 0.15) is 6.04 Å². The van der Waals surface area contributed by atoms with Crippen LogP contribution in [0, 0.1) is 0 Å². The van der Waals surface area contributed by atoms with E-state index in [1.165, 1.54) is 9.80 Å². The third kappa shape index (κ3) is 3.51. The Morgan fingerprint density at radius 1 is 1.40 bits per heavy atom. The summed E-state index contributed by atoms with van der Waals surface area (Å²) in [4.78, 5) is 35.9. The van der Waals surface area contributed by atoms with Crippen molar-refractivity contribution in [1.82, 2.24) is 20.2 Å². The number of nitrogens with one attached hydrogen (secondary N) is 1. The van der Waals surface area contributed by atoms with E-state index in [0.29, 0.717) is 12.5 Å². The Morgan fingerprint density at radius 2 is 2.12 bits per heavy atom. The van der Waals surface area contributed by atoms with E-state index < -0.39 is 6.04 Å². The van der Waals surface area contributed by atoms with Gasteiger partial charge < -0.3 is 10.2 Å². The third-order valence-corrected chi connectivity index (χ3v) is 5.05. The Morgan fingerprint density at radius 3 is 2.84 bits per heavy atom. The standard InChI is InChI=1S/C17H20ClN5O2/c1-11-12(5-3-6-13(11)18)9-21-15(24)14-10-23(17(25)22(14)2)16-19-7-4-8-20-16/h3-5,7-8,13-14H,6,9-10H2,1-2H3,(H,21,24). The van der Waals surface area contributed by atoms with Gasteiger partial charge in [0, 0.05) is 26.0 Å². The molecule has 0 aromatic carbocycles. The lowest BCUT2D eigenvalue weighted by molar-refractivity contribution is -0.124. The highest BCUT2D eigenvalue weighted by Gasteiger charge is 2.40. The van der Waals surface area contributed by atoms with Crippen molar-refractivity contribution in [3.8, 4) is 0 Å². The van der Waals surface area contributed by atoms with Crippen molar-refractivity contribution >= 4 is 29.5 Å². The number of alkyl halides is 1. The zero-order valence-corrected chi connectivity index (χ0v) is 14.9. The van der Waals surface area contributed by atoms with Crippen LogP contribution < -0.4 is 10.2 Å². The third-order valence-electron chi connectivity index (χ3n) is 4.54. The van der Waals surface area contributed by atoms with Gasteiger partial charge in [0.25, 0.3) is 0 Å². The van der Waals surface area contributed by atoms with Crippen LogP contribution in [0.3, 0.4) is 0 Å². The van der Waals surface area contributed by atoms with E-state index in [2.05, 4.69) is 15.3 Å². The Bertz CT molecular complexity index is 734. The number of carbonyl (C=O) groups excluding carboxylic acids is 2. The largest absolute Gasteiger partial charge is 0.350 e. The Balaban J connectivity index is 1.66. The Labute approximate surface area is 151 Å². The molecule has 8 heteroatoms. The Kier molecular flexibility index (Phi) is 5.03. The molecule has 0 spiro atoms. The predicted molar refractivity (Wildman–Crippen MR) is 95.4 cm³/mol. The van der Waals surface area contributed by atoms with E-state index in [0.717, 1.165) is 17.6 Å². The van der Waals surface area contributed by atoms with Crippen LogP contribution in [0.1, 0.15) is 13.3 Å². The molecular formula is C17H20ClN5O2. The number of carbonyl (C=O) groups is 2. The number of aromatic nitrogens is 2. The molecule has 132 valence electrons. The van der Waals surface area contributed by atoms with Crippen molar-refractivity contribution in [1.29, 1.82) is 0 Å².